The number of rotatable bonds is 10. The lowest BCUT2D eigenvalue weighted by Crippen LogP contribution is -2.37. The van der Waals surface area contributed by atoms with Gasteiger partial charge in [0.25, 0.3) is 0 Å². The molecule has 0 atom stereocenters. The van der Waals surface area contributed by atoms with E-state index in [1.54, 1.807) is 0 Å². The Balaban J connectivity index is 3.05. The van der Waals surface area contributed by atoms with Crippen LogP contribution < -0.4 is 10.2 Å². The molecule has 0 amide bonds. The Labute approximate surface area is 137 Å². The Bertz CT molecular complexity index is 408. The molecule has 0 spiro atoms. The molecule has 0 heterocycles. The molecule has 0 radical (unpaired) electrons. The first-order valence-corrected chi connectivity index (χ1v) is 8.83. The van der Waals surface area contributed by atoms with Crippen LogP contribution in [0.3, 0.4) is 0 Å². The van der Waals surface area contributed by atoms with Crippen LogP contribution >= 0.6 is 15.9 Å². The monoisotopic (exact) mass is 356 g/mol. The van der Waals surface area contributed by atoms with E-state index in [0.29, 0.717) is 12.6 Å². The maximum absolute atomic E-state index is 9.44. The lowest BCUT2D eigenvalue weighted by atomic mass is 10.1. The Morgan fingerprint density at radius 2 is 1.95 bits per heavy atom. The number of hydrogen-bond donors (Lipinski definition) is 2. The average Bonchev–Trinajstić information content (AvgIpc) is 2.49. The van der Waals surface area contributed by atoms with Gasteiger partial charge in [0.15, 0.2) is 0 Å². The van der Waals surface area contributed by atoms with Crippen LogP contribution in [0.5, 0.6) is 0 Å². The molecule has 1 aromatic carbocycles. The summed E-state index contributed by atoms with van der Waals surface area (Å²) in [7, 11) is 0. The zero-order chi connectivity index (χ0) is 15.7. The highest BCUT2D eigenvalue weighted by molar-refractivity contribution is 9.10. The highest BCUT2D eigenvalue weighted by Gasteiger charge is 2.18. The Morgan fingerprint density at radius 1 is 1.24 bits per heavy atom. The van der Waals surface area contributed by atoms with E-state index in [2.05, 4.69) is 65.1 Å². The number of anilines is 1. The molecule has 0 fully saturated rings. The Kier molecular flexibility index (Phi) is 8.97. The van der Waals surface area contributed by atoms with Gasteiger partial charge in [0.1, 0.15) is 0 Å². The number of hydrogen-bond acceptors (Lipinski definition) is 3. The number of nitrogens with zero attached hydrogens (tertiary/aromatic N) is 1. The molecule has 0 saturated carbocycles. The minimum atomic E-state index is 0.185. The van der Waals surface area contributed by atoms with Crippen molar-refractivity contribution in [2.24, 2.45) is 0 Å². The summed E-state index contributed by atoms with van der Waals surface area (Å²) in [6, 6.07) is 6.92. The summed E-state index contributed by atoms with van der Waals surface area (Å²) in [5.41, 5.74) is 2.53. The molecular formula is C17H29BrN2O. The molecule has 0 bridgehead atoms. The molecule has 0 aliphatic rings. The Morgan fingerprint density at radius 3 is 2.52 bits per heavy atom. The first-order chi connectivity index (χ1) is 10.2. The van der Waals surface area contributed by atoms with E-state index in [0.717, 1.165) is 36.8 Å². The normalized spacial score (nSPS) is 11.1. The molecule has 4 heteroatoms. The van der Waals surface area contributed by atoms with Crippen molar-refractivity contribution in [3.63, 3.8) is 0 Å². The summed E-state index contributed by atoms with van der Waals surface area (Å²) in [6.45, 7) is 9.38. The number of benzene rings is 1. The van der Waals surface area contributed by atoms with Crippen molar-refractivity contribution in [3.8, 4) is 0 Å². The van der Waals surface area contributed by atoms with E-state index >= 15 is 0 Å². The first-order valence-electron chi connectivity index (χ1n) is 8.04. The molecular weight excluding hydrogens is 328 g/mol. The van der Waals surface area contributed by atoms with Gasteiger partial charge in [-0.3, -0.25) is 0 Å². The first kappa shape index (κ1) is 18.5. The summed E-state index contributed by atoms with van der Waals surface area (Å²) in [6.07, 6.45) is 3.31. The second-order valence-corrected chi connectivity index (χ2v) is 6.25. The van der Waals surface area contributed by atoms with Gasteiger partial charge in [0, 0.05) is 29.3 Å². The second-order valence-electron chi connectivity index (χ2n) is 5.34. The van der Waals surface area contributed by atoms with Crippen LogP contribution in [0.4, 0.5) is 5.69 Å². The summed E-state index contributed by atoms with van der Waals surface area (Å²) in [4.78, 5) is 2.35. The number of aliphatic hydroxyl groups excluding tert-OH is 1. The highest BCUT2D eigenvalue weighted by atomic mass is 79.9. The van der Waals surface area contributed by atoms with E-state index < -0.39 is 0 Å². The maximum Gasteiger partial charge on any atom is 0.0606 e. The van der Waals surface area contributed by atoms with Crippen molar-refractivity contribution in [1.82, 2.24) is 5.32 Å². The summed E-state index contributed by atoms with van der Waals surface area (Å²) in [5, 5.41) is 12.9. The molecule has 120 valence electrons. The van der Waals surface area contributed by atoms with Crippen LogP contribution in [0.2, 0.25) is 0 Å². The van der Waals surface area contributed by atoms with Crippen LogP contribution in [-0.2, 0) is 6.54 Å². The van der Waals surface area contributed by atoms with Crippen molar-refractivity contribution in [2.45, 2.75) is 52.6 Å². The average molecular weight is 357 g/mol. The quantitative estimate of drug-likeness (QED) is 0.623. The number of halogens is 1. The second kappa shape index (κ2) is 10.2. The number of nitrogens with one attached hydrogen (secondary N) is 1. The van der Waals surface area contributed by atoms with Gasteiger partial charge < -0.3 is 15.3 Å². The topological polar surface area (TPSA) is 35.5 Å². The number of aliphatic hydroxyl groups is 1. The van der Waals surface area contributed by atoms with Gasteiger partial charge in [0.2, 0.25) is 0 Å². The lowest BCUT2D eigenvalue weighted by Gasteiger charge is -2.34. The smallest absolute Gasteiger partial charge is 0.0606 e. The predicted octanol–water partition coefficient (Wildman–Crippen LogP) is 3.94. The van der Waals surface area contributed by atoms with E-state index in [1.165, 1.54) is 11.3 Å². The third-order valence-electron chi connectivity index (χ3n) is 3.82. The van der Waals surface area contributed by atoms with Crippen molar-refractivity contribution >= 4 is 21.6 Å². The SMILES string of the molecule is CCCNCc1ccc(Br)cc1N(CCO)C(CC)CC. The summed E-state index contributed by atoms with van der Waals surface area (Å²) < 4.78 is 1.09. The zero-order valence-electron chi connectivity index (χ0n) is 13.5. The van der Waals surface area contributed by atoms with Crippen LogP contribution in [-0.4, -0.2) is 30.8 Å². The van der Waals surface area contributed by atoms with Gasteiger partial charge in [-0.2, -0.15) is 0 Å². The van der Waals surface area contributed by atoms with E-state index in [4.69, 9.17) is 0 Å². The van der Waals surface area contributed by atoms with Gasteiger partial charge in [-0.1, -0.05) is 42.8 Å². The van der Waals surface area contributed by atoms with Gasteiger partial charge in [-0.05, 0) is 43.5 Å². The van der Waals surface area contributed by atoms with Crippen molar-refractivity contribution in [2.75, 3.05) is 24.6 Å². The maximum atomic E-state index is 9.44. The molecule has 0 aliphatic carbocycles. The van der Waals surface area contributed by atoms with E-state index in [1.807, 2.05) is 0 Å². The molecule has 0 aliphatic heterocycles. The molecule has 1 rings (SSSR count). The van der Waals surface area contributed by atoms with Gasteiger partial charge in [-0.25, -0.2) is 0 Å². The molecule has 0 unspecified atom stereocenters. The highest BCUT2D eigenvalue weighted by Crippen LogP contribution is 2.28. The van der Waals surface area contributed by atoms with Gasteiger partial charge >= 0.3 is 0 Å². The molecule has 0 aromatic heterocycles. The van der Waals surface area contributed by atoms with Gasteiger partial charge in [-0.15, -0.1) is 0 Å². The Hall–Kier alpha value is -0.580. The van der Waals surface area contributed by atoms with Crippen LogP contribution in [0.25, 0.3) is 0 Å². The molecule has 3 nitrogen and oxygen atoms in total. The van der Waals surface area contributed by atoms with Gasteiger partial charge in [0.05, 0.1) is 6.61 Å². The van der Waals surface area contributed by atoms with Crippen LogP contribution in [0, 0.1) is 0 Å². The fourth-order valence-electron chi connectivity index (χ4n) is 2.69. The third kappa shape index (κ3) is 5.61. The largest absolute Gasteiger partial charge is 0.395 e. The van der Waals surface area contributed by atoms with Crippen molar-refractivity contribution in [1.29, 1.82) is 0 Å². The molecule has 1 aromatic rings. The predicted molar refractivity (Wildman–Crippen MR) is 94.9 cm³/mol. The minimum Gasteiger partial charge on any atom is -0.395 e. The summed E-state index contributed by atoms with van der Waals surface area (Å²) in [5.74, 6) is 0. The molecule has 0 saturated heterocycles. The third-order valence-corrected chi connectivity index (χ3v) is 4.32. The van der Waals surface area contributed by atoms with E-state index in [9.17, 15) is 5.11 Å². The van der Waals surface area contributed by atoms with E-state index in [-0.39, 0.29) is 6.61 Å². The van der Waals surface area contributed by atoms with Crippen LogP contribution in [0.1, 0.15) is 45.6 Å². The van der Waals surface area contributed by atoms with Crippen molar-refractivity contribution < 1.29 is 5.11 Å². The minimum absolute atomic E-state index is 0.185. The van der Waals surface area contributed by atoms with Crippen LogP contribution in [0.15, 0.2) is 22.7 Å². The lowest BCUT2D eigenvalue weighted by molar-refractivity contribution is 0.296. The fraction of sp³-hybridized carbons (Fsp3) is 0.647. The van der Waals surface area contributed by atoms with Crippen molar-refractivity contribution in [3.05, 3.63) is 28.2 Å². The summed E-state index contributed by atoms with van der Waals surface area (Å²) >= 11 is 3.58. The molecule has 21 heavy (non-hydrogen) atoms. The zero-order valence-corrected chi connectivity index (χ0v) is 15.1. The standard InChI is InChI=1S/C17H29BrN2O/c1-4-9-19-13-14-7-8-15(18)12-17(14)20(10-11-21)16(5-2)6-3/h7-8,12,16,19,21H,4-6,9-11,13H2,1-3H3. The fourth-order valence-corrected chi connectivity index (χ4v) is 3.04. The molecule has 2 N–H and O–H groups in total.